The first kappa shape index (κ1) is 26.1. The van der Waals surface area contributed by atoms with Crippen LogP contribution in [0.2, 0.25) is 0 Å². The Morgan fingerprint density at radius 1 is 0.975 bits per heavy atom. The second-order valence-electron chi connectivity index (χ2n) is 11.8. The van der Waals surface area contributed by atoms with Gasteiger partial charge in [0.15, 0.2) is 0 Å². The van der Waals surface area contributed by atoms with Crippen molar-refractivity contribution in [3.63, 3.8) is 0 Å². The molecule has 216 valence electrons. The molecule has 0 saturated carbocycles. The predicted octanol–water partition coefficient (Wildman–Crippen LogP) is 2.83. The van der Waals surface area contributed by atoms with Gasteiger partial charge in [-0.2, -0.15) is 23.4 Å². The number of hydrogen-bond donors (Lipinski definition) is 1. The van der Waals surface area contributed by atoms with Crippen LogP contribution < -0.4 is 15.1 Å². The zero-order valence-electron chi connectivity index (χ0n) is 23.1. The first-order valence-electron chi connectivity index (χ1n) is 14.4. The SMILES string of the molecule is CN1CCN(C2=NN(C3CCN(C4COC4)CC3)C3CCNCC23)c2cc(C(F)(F)F)c(-c3cnn(C)c3)cc21. The Morgan fingerprint density at radius 2 is 1.77 bits per heavy atom. The van der Waals surface area contributed by atoms with E-state index < -0.39 is 11.7 Å². The summed E-state index contributed by atoms with van der Waals surface area (Å²) in [6, 6.07) is 4.20. The number of alkyl halides is 3. The molecule has 1 aromatic heterocycles. The quantitative estimate of drug-likeness (QED) is 0.622. The van der Waals surface area contributed by atoms with Gasteiger partial charge in [0.25, 0.3) is 0 Å². The number of likely N-dealkylation sites (tertiary alicyclic amines) is 1. The number of hydrogen-bond acceptors (Lipinski definition) is 8. The first-order chi connectivity index (χ1) is 19.3. The van der Waals surface area contributed by atoms with Gasteiger partial charge in [0.2, 0.25) is 0 Å². The molecule has 40 heavy (non-hydrogen) atoms. The standard InChI is InChI=1S/C28H37F3N8O/c1-35-9-10-38(26-12-23(28(29,30)31)21(11-25(26)35)18-13-33-36(2)15-18)27-22-14-32-6-3-24(22)39(34-27)19-4-7-37(8-5-19)20-16-40-17-20/h11-13,15,19-20,22,24,32H,3-10,14,16-17H2,1-2H3. The molecule has 5 aliphatic rings. The molecule has 2 atom stereocenters. The van der Waals surface area contributed by atoms with E-state index in [-0.39, 0.29) is 17.5 Å². The molecule has 1 N–H and O–H groups in total. The average Bonchev–Trinajstić information content (AvgIpc) is 3.51. The van der Waals surface area contributed by atoms with Crippen molar-refractivity contribution in [2.45, 2.75) is 43.6 Å². The zero-order chi connectivity index (χ0) is 27.6. The maximum absolute atomic E-state index is 14.5. The van der Waals surface area contributed by atoms with E-state index in [1.54, 1.807) is 19.3 Å². The van der Waals surface area contributed by atoms with E-state index in [9.17, 15) is 13.2 Å². The minimum absolute atomic E-state index is 0.149. The van der Waals surface area contributed by atoms with Gasteiger partial charge < -0.3 is 19.9 Å². The number of benzene rings is 1. The fourth-order valence-corrected chi connectivity index (χ4v) is 7.11. The number of anilines is 2. The number of nitrogens with one attached hydrogen (secondary N) is 1. The van der Waals surface area contributed by atoms with Crippen molar-refractivity contribution in [3.8, 4) is 11.1 Å². The van der Waals surface area contributed by atoms with Crippen LogP contribution in [0, 0.1) is 5.92 Å². The summed E-state index contributed by atoms with van der Waals surface area (Å²) in [5.74, 6) is 1.05. The van der Waals surface area contributed by atoms with Gasteiger partial charge in [-0.3, -0.25) is 14.6 Å². The van der Waals surface area contributed by atoms with Gasteiger partial charge in [0.1, 0.15) is 5.84 Å². The van der Waals surface area contributed by atoms with E-state index in [0.29, 0.717) is 36.4 Å². The third-order valence-electron chi connectivity index (χ3n) is 9.42. The van der Waals surface area contributed by atoms with Crippen LogP contribution in [-0.2, 0) is 18.0 Å². The molecule has 6 heterocycles. The van der Waals surface area contributed by atoms with E-state index in [1.165, 1.54) is 16.9 Å². The molecule has 0 spiro atoms. The molecule has 2 unspecified atom stereocenters. The third kappa shape index (κ3) is 4.44. The van der Waals surface area contributed by atoms with Crippen molar-refractivity contribution in [3.05, 3.63) is 30.1 Å². The number of ether oxygens (including phenoxy) is 1. The monoisotopic (exact) mass is 558 g/mol. The van der Waals surface area contributed by atoms with Crippen molar-refractivity contribution in [1.82, 2.24) is 25.0 Å². The molecule has 1 aromatic carbocycles. The highest BCUT2D eigenvalue weighted by atomic mass is 19.4. The summed E-state index contributed by atoms with van der Waals surface area (Å²) in [5, 5.41) is 15.3. The van der Waals surface area contributed by atoms with E-state index in [1.807, 2.05) is 7.05 Å². The van der Waals surface area contributed by atoms with Crippen LogP contribution in [0.3, 0.4) is 0 Å². The number of halogens is 3. The Balaban J connectivity index is 1.24. The Morgan fingerprint density at radius 3 is 2.45 bits per heavy atom. The van der Waals surface area contributed by atoms with Gasteiger partial charge in [0.05, 0.1) is 54.4 Å². The van der Waals surface area contributed by atoms with E-state index in [0.717, 1.165) is 70.2 Å². The highest BCUT2D eigenvalue weighted by Gasteiger charge is 2.46. The molecule has 2 aromatic rings. The highest BCUT2D eigenvalue weighted by Crippen LogP contribution is 2.46. The van der Waals surface area contributed by atoms with Crippen molar-refractivity contribution in [1.29, 1.82) is 0 Å². The zero-order valence-corrected chi connectivity index (χ0v) is 23.1. The smallest absolute Gasteiger partial charge is 0.378 e. The van der Waals surface area contributed by atoms with Crippen molar-refractivity contribution >= 4 is 17.2 Å². The highest BCUT2D eigenvalue weighted by molar-refractivity contribution is 6.04. The third-order valence-corrected chi connectivity index (χ3v) is 9.42. The molecule has 3 fully saturated rings. The number of fused-ring (bicyclic) bond motifs is 2. The van der Waals surface area contributed by atoms with Gasteiger partial charge in [-0.25, -0.2) is 0 Å². The lowest BCUT2D eigenvalue weighted by atomic mass is 9.89. The summed E-state index contributed by atoms with van der Waals surface area (Å²) in [7, 11) is 3.67. The number of aromatic nitrogens is 2. The van der Waals surface area contributed by atoms with Gasteiger partial charge in [-0.1, -0.05) is 0 Å². The Kier molecular flexibility index (Phi) is 6.47. The maximum Gasteiger partial charge on any atom is 0.417 e. The van der Waals surface area contributed by atoms with Gasteiger partial charge in [-0.15, -0.1) is 0 Å². The summed E-state index contributed by atoms with van der Waals surface area (Å²) in [5.41, 5.74) is 1.35. The second-order valence-corrected chi connectivity index (χ2v) is 11.8. The van der Waals surface area contributed by atoms with E-state index in [2.05, 4.69) is 30.1 Å². The predicted molar refractivity (Wildman–Crippen MR) is 148 cm³/mol. The molecule has 5 aliphatic heterocycles. The number of likely N-dealkylation sites (N-methyl/N-ethyl adjacent to an activating group) is 1. The van der Waals surface area contributed by atoms with Crippen molar-refractivity contribution < 1.29 is 17.9 Å². The Hall–Kier alpha value is -2.83. The lowest BCUT2D eigenvalue weighted by Crippen LogP contribution is -2.56. The molecule has 12 heteroatoms. The minimum Gasteiger partial charge on any atom is -0.378 e. The van der Waals surface area contributed by atoms with Crippen LogP contribution in [0.25, 0.3) is 11.1 Å². The molecule has 9 nitrogen and oxygen atoms in total. The summed E-state index contributed by atoms with van der Waals surface area (Å²) < 4.78 is 50.4. The van der Waals surface area contributed by atoms with Crippen LogP contribution in [0.15, 0.2) is 29.6 Å². The van der Waals surface area contributed by atoms with Crippen molar-refractivity contribution in [2.75, 3.05) is 69.3 Å². The Bertz CT molecular complexity index is 1280. The largest absolute Gasteiger partial charge is 0.417 e. The fraction of sp³-hybridized carbons (Fsp3) is 0.643. The fourth-order valence-electron chi connectivity index (χ4n) is 7.11. The molecule has 7 rings (SSSR count). The van der Waals surface area contributed by atoms with Gasteiger partial charge >= 0.3 is 6.18 Å². The van der Waals surface area contributed by atoms with Crippen molar-refractivity contribution in [2.24, 2.45) is 18.1 Å². The number of aryl methyl sites for hydroxylation is 1. The van der Waals surface area contributed by atoms with Crippen LogP contribution in [0.1, 0.15) is 24.8 Å². The number of nitrogens with zero attached hydrogens (tertiary/aromatic N) is 7. The van der Waals surface area contributed by atoms with E-state index >= 15 is 0 Å². The summed E-state index contributed by atoms with van der Waals surface area (Å²) in [6.07, 6.45) is 1.73. The normalized spacial score (nSPS) is 26.5. The maximum atomic E-state index is 14.5. The summed E-state index contributed by atoms with van der Waals surface area (Å²) in [6.45, 7) is 6.78. The summed E-state index contributed by atoms with van der Waals surface area (Å²) >= 11 is 0. The molecule has 0 bridgehead atoms. The molecule has 0 amide bonds. The number of piperidine rings is 2. The molecule has 0 radical (unpaired) electrons. The van der Waals surface area contributed by atoms with Crippen LogP contribution in [0.5, 0.6) is 0 Å². The van der Waals surface area contributed by atoms with Gasteiger partial charge in [0, 0.05) is 64.6 Å². The minimum atomic E-state index is -4.50. The molecule has 0 aliphatic carbocycles. The van der Waals surface area contributed by atoms with Crippen LogP contribution in [-0.4, -0.2) is 103 Å². The van der Waals surface area contributed by atoms with Crippen LogP contribution in [0.4, 0.5) is 24.5 Å². The lowest BCUT2D eigenvalue weighted by molar-refractivity contribution is -0.137. The molecular weight excluding hydrogens is 521 g/mol. The summed E-state index contributed by atoms with van der Waals surface area (Å²) in [4.78, 5) is 6.66. The lowest BCUT2D eigenvalue weighted by Gasteiger charge is -2.44. The number of rotatable bonds is 3. The molecule has 3 saturated heterocycles. The topological polar surface area (TPSA) is 64.4 Å². The van der Waals surface area contributed by atoms with Gasteiger partial charge in [-0.05, 0) is 43.5 Å². The first-order valence-corrected chi connectivity index (χ1v) is 14.4. The Labute approximate surface area is 232 Å². The van der Waals surface area contributed by atoms with E-state index in [4.69, 9.17) is 9.84 Å². The number of hydrazone groups is 1. The second kappa shape index (κ2) is 9.92. The average molecular weight is 559 g/mol. The molecular formula is C28H37F3N8O. The number of amidine groups is 1. The van der Waals surface area contributed by atoms with Crippen LogP contribution >= 0.6 is 0 Å².